The van der Waals surface area contributed by atoms with Crippen LogP contribution in [-0.4, -0.2) is 48.2 Å². The molecule has 2 N–H and O–H groups in total. The van der Waals surface area contributed by atoms with Crippen LogP contribution in [0.15, 0.2) is 58.4 Å². The van der Waals surface area contributed by atoms with Gasteiger partial charge in [0.1, 0.15) is 5.75 Å². The minimum Gasteiger partial charge on any atom is -0.482 e. The van der Waals surface area contributed by atoms with Gasteiger partial charge in [0, 0.05) is 6.61 Å². The number of para-hydroxylation sites is 1. The van der Waals surface area contributed by atoms with Crippen LogP contribution >= 0.6 is 23.4 Å². The smallest absolute Gasteiger partial charge is 0.266 e. The van der Waals surface area contributed by atoms with Crippen LogP contribution in [-0.2, 0) is 14.3 Å². The average Bonchev–Trinajstić information content (AvgIpc) is 3.03. The van der Waals surface area contributed by atoms with E-state index in [9.17, 15) is 9.59 Å². The highest BCUT2D eigenvalue weighted by Crippen LogP contribution is 2.35. The molecular weight excluding hydrogens is 438 g/mol. The Morgan fingerprint density at radius 3 is 2.71 bits per heavy atom. The number of halogens is 1. The SMILES string of the molecule is CCOCCN1C(=O)C(=Cc2ccc(OCC(N)=O)c(Cl)c2)SC1=Nc1ccccc1. The van der Waals surface area contributed by atoms with Gasteiger partial charge in [-0.1, -0.05) is 35.9 Å². The molecule has 1 aliphatic rings. The summed E-state index contributed by atoms with van der Waals surface area (Å²) in [6, 6.07) is 14.5. The number of ether oxygens (including phenoxy) is 2. The predicted molar refractivity (Wildman–Crippen MR) is 123 cm³/mol. The molecule has 3 rings (SSSR count). The van der Waals surface area contributed by atoms with Crippen molar-refractivity contribution < 1.29 is 19.1 Å². The van der Waals surface area contributed by atoms with Gasteiger partial charge in [0.05, 0.1) is 28.8 Å². The first kappa shape index (κ1) is 22.9. The van der Waals surface area contributed by atoms with E-state index in [1.165, 1.54) is 11.8 Å². The zero-order valence-electron chi connectivity index (χ0n) is 16.9. The second kappa shape index (κ2) is 11.0. The number of amidine groups is 1. The first-order valence-electron chi connectivity index (χ1n) is 9.61. The summed E-state index contributed by atoms with van der Waals surface area (Å²) in [5.41, 5.74) is 6.57. The number of hydrogen-bond acceptors (Lipinski definition) is 6. The van der Waals surface area contributed by atoms with Gasteiger partial charge in [0.2, 0.25) is 0 Å². The molecule has 0 aromatic heterocycles. The third kappa shape index (κ3) is 6.33. The zero-order valence-corrected chi connectivity index (χ0v) is 18.5. The molecular formula is C22H22ClN3O4S. The van der Waals surface area contributed by atoms with E-state index in [2.05, 4.69) is 4.99 Å². The second-order valence-corrected chi connectivity index (χ2v) is 7.86. The fraction of sp³-hybridized carbons (Fsp3) is 0.227. The molecule has 0 spiro atoms. The van der Waals surface area contributed by atoms with E-state index in [1.54, 1.807) is 29.2 Å². The summed E-state index contributed by atoms with van der Waals surface area (Å²) < 4.78 is 10.7. The van der Waals surface area contributed by atoms with Crippen LogP contribution in [0.3, 0.4) is 0 Å². The largest absolute Gasteiger partial charge is 0.482 e. The number of nitrogens with two attached hydrogens (primary N) is 1. The van der Waals surface area contributed by atoms with E-state index < -0.39 is 5.91 Å². The summed E-state index contributed by atoms with van der Waals surface area (Å²) in [6.07, 6.45) is 1.75. The molecule has 1 saturated heterocycles. The monoisotopic (exact) mass is 459 g/mol. The number of thioether (sulfide) groups is 1. The summed E-state index contributed by atoms with van der Waals surface area (Å²) in [5, 5.41) is 0.909. The normalized spacial score (nSPS) is 16.3. The maximum absolute atomic E-state index is 13.0. The van der Waals surface area contributed by atoms with Crippen molar-refractivity contribution in [1.29, 1.82) is 0 Å². The van der Waals surface area contributed by atoms with Crippen molar-refractivity contribution >= 4 is 52.1 Å². The molecule has 162 valence electrons. The van der Waals surface area contributed by atoms with Crippen molar-refractivity contribution in [1.82, 2.24) is 4.90 Å². The van der Waals surface area contributed by atoms with Crippen LogP contribution in [0.4, 0.5) is 5.69 Å². The van der Waals surface area contributed by atoms with Gasteiger partial charge in [-0.15, -0.1) is 0 Å². The minimum atomic E-state index is -0.590. The number of primary amides is 1. The topological polar surface area (TPSA) is 94.2 Å². The zero-order chi connectivity index (χ0) is 22.2. The minimum absolute atomic E-state index is 0.149. The number of carbonyl (C=O) groups excluding carboxylic acids is 2. The molecule has 0 aliphatic carbocycles. The van der Waals surface area contributed by atoms with Crippen molar-refractivity contribution in [2.45, 2.75) is 6.92 Å². The summed E-state index contributed by atoms with van der Waals surface area (Å²) in [5.74, 6) is -0.394. The van der Waals surface area contributed by atoms with Crippen molar-refractivity contribution in [3.8, 4) is 5.75 Å². The highest BCUT2D eigenvalue weighted by Gasteiger charge is 2.33. The Balaban J connectivity index is 1.84. The van der Waals surface area contributed by atoms with Gasteiger partial charge in [-0.2, -0.15) is 0 Å². The van der Waals surface area contributed by atoms with E-state index >= 15 is 0 Å². The molecule has 2 aromatic carbocycles. The molecule has 0 radical (unpaired) electrons. The lowest BCUT2D eigenvalue weighted by molar-refractivity contribution is -0.122. The Morgan fingerprint density at radius 1 is 1.26 bits per heavy atom. The van der Waals surface area contributed by atoms with Gasteiger partial charge in [0.25, 0.3) is 11.8 Å². The maximum Gasteiger partial charge on any atom is 0.266 e. The molecule has 2 amide bonds. The van der Waals surface area contributed by atoms with Crippen molar-refractivity contribution in [3.05, 3.63) is 64.0 Å². The Labute approximate surface area is 189 Å². The van der Waals surface area contributed by atoms with E-state index in [1.807, 2.05) is 37.3 Å². The Bertz CT molecular complexity index is 1010. The van der Waals surface area contributed by atoms with Gasteiger partial charge < -0.3 is 15.2 Å². The first-order chi connectivity index (χ1) is 15.0. The molecule has 1 heterocycles. The van der Waals surface area contributed by atoms with Crippen molar-refractivity contribution in [2.75, 3.05) is 26.4 Å². The Hall–Kier alpha value is -2.81. The third-order valence-electron chi connectivity index (χ3n) is 4.16. The molecule has 0 bridgehead atoms. The average molecular weight is 460 g/mol. The van der Waals surface area contributed by atoms with Gasteiger partial charge in [-0.3, -0.25) is 14.5 Å². The van der Waals surface area contributed by atoms with Gasteiger partial charge in [0.15, 0.2) is 11.8 Å². The number of aliphatic imine (C=N–C) groups is 1. The number of carbonyl (C=O) groups is 2. The molecule has 0 atom stereocenters. The molecule has 31 heavy (non-hydrogen) atoms. The molecule has 7 nitrogen and oxygen atoms in total. The summed E-state index contributed by atoms with van der Waals surface area (Å²) >= 11 is 7.53. The summed E-state index contributed by atoms with van der Waals surface area (Å²) in [4.78, 5) is 30.7. The van der Waals surface area contributed by atoms with Crippen LogP contribution in [0, 0.1) is 0 Å². The number of amides is 2. The number of hydrogen-bond donors (Lipinski definition) is 1. The van der Waals surface area contributed by atoms with Gasteiger partial charge >= 0.3 is 0 Å². The Kier molecular flexibility index (Phi) is 8.11. The Morgan fingerprint density at radius 2 is 2.03 bits per heavy atom. The number of benzene rings is 2. The maximum atomic E-state index is 13.0. The fourth-order valence-corrected chi connectivity index (χ4v) is 3.99. The van der Waals surface area contributed by atoms with Crippen molar-refractivity contribution in [2.24, 2.45) is 10.7 Å². The quantitative estimate of drug-likeness (QED) is 0.454. The second-order valence-electron chi connectivity index (χ2n) is 6.44. The highest BCUT2D eigenvalue weighted by molar-refractivity contribution is 8.18. The van der Waals surface area contributed by atoms with Crippen molar-refractivity contribution in [3.63, 3.8) is 0 Å². The molecule has 2 aromatic rings. The number of nitrogens with zero attached hydrogens (tertiary/aromatic N) is 2. The lowest BCUT2D eigenvalue weighted by atomic mass is 10.2. The predicted octanol–water partition coefficient (Wildman–Crippen LogP) is 3.84. The molecule has 0 unspecified atom stereocenters. The molecule has 1 fully saturated rings. The van der Waals surface area contributed by atoms with E-state index in [4.69, 9.17) is 26.8 Å². The van der Waals surface area contributed by atoms with Crippen LogP contribution < -0.4 is 10.5 Å². The lowest BCUT2D eigenvalue weighted by Crippen LogP contribution is -2.32. The van der Waals surface area contributed by atoms with Gasteiger partial charge in [-0.25, -0.2) is 4.99 Å². The van der Waals surface area contributed by atoms with Crippen LogP contribution in [0.2, 0.25) is 5.02 Å². The summed E-state index contributed by atoms with van der Waals surface area (Å²) in [7, 11) is 0. The standard InChI is InChI=1S/C22H22ClN3O4S/c1-2-29-11-10-26-21(28)19(31-22(26)25-16-6-4-3-5-7-16)13-15-8-9-18(17(23)12-15)30-14-20(24)27/h3-9,12-13H,2,10-11,14H2,1H3,(H2,24,27). The van der Waals surface area contributed by atoms with Gasteiger partial charge in [-0.05, 0) is 54.6 Å². The van der Waals surface area contributed by atoms with E-state index in [0.29, 0.717) is 40.6 Å². The van der Waals surface area contributed by atoms with E-state index in [-0.39, 0.29) is 12.5 Å². The summed E-state index contributed by atoms with van der Waals surface area (Å²) in [6.45, 7) is 3.05. The lowest BCUT2D eigenvalue weighted by Gasteiger charge is -2.15. The highest BCUT2D eigenvalue weighted by atomic mass is 35.5. The van der Waals surface area contributed by atoms with Crippen LogP contribution in [0.25, 0.3) is 6.08 Å². The van der Waals surface area contributed by atoms with Crippen LogP contribution in [0.1, 0.15) is 12.5 Å². The number of rotatable bonds is 9. The molecule has 9 heteroatoms. The first-order valence-corrected chi connectivity index (χ1v) is 10.8. The molecule has 1 aliphatic heterocycles. The van der Waals surface area contributed by atoms with E-state index in [0.717, 1.165) is 11.3 Å². The third-order valence-corrected chi connectivity index (χ3v) is 5.46. The fourth-order valence-electron chi connectivity index (χ4n) is 2.73. The molecule has 0 saturated carbocycles. The van der Waals surface area contributed by atoms with Crippen LogP contribution in [0.5, 0.6) is 5.75 Å².